The highest BCUT2D eigenvalue weighted by Gasteiger charge is 2.36. The number of aromatic amines is 2. The van der Waals surface area contributed by atoms with Crippen molar-refractivity contribution in [3.05, 3.63) is 46.5 Å². The molecule has 0 amide bonds. The van der Waals surface area contributed by atoms with Gasteiger partial charge < -0.3 is 9.80 Å². The number of anilines is 2. The molecule has 30 heavy (non-hydrogen) atoms. The number of aromatic nitrogens is 4. The maximum atomic E-state index is 13.3. The smallest absolute Gasteiger partial charge is 0.357 e. The lowest BCUT2D eigenvalue weighted by Gasteiger charge is -2.31. The summed E-state index contributed by atoms with van der Waals surface area (Å²) in [4.78, 5) is 24.4. The third-order valence-electron chi connectivity index (χ3n) is 5.56. The van der Waals surface area contributed by atoms with Crippen LogP contribution in [-0.2, 0) is 6.54 Å². The molecule has 0 radical (unpaired) electrons. The van der Waals surface area contributed by atoms with Crippen molar-refractivity contribution < 1.29 is 13.2 Å². The predicted molar refractivity (Wildman–Crippen MR) is 106 cm³/mol. The number of nitrogens with one attached hydrogen (secondary N) is 2. The first-order valence-corrected chi connectivity index (χ1v) is 9.73. The third kappa shape index (κ3) is 3.21. The maximum Gasteiger partial charge on any atom is 0.405 e. The van der Waals surface area contributed by atoms with Crippen molar-refractivity contribution in [3.63, 3.8) is 0 Å². The molecule has 10 heteroatoms. The highest BCUT2D eigenvalue weighted by Crippen LogP contribution is 2.40. The molecule has 3 aromatic heterocycles. The summed E-state index contributed by atoms with van der Waals surface area (Å²) < 4.78 is 39.8. The normalized spacial score (nSPS) is 16.0. The van der Waals surface area contributed by atoms with Crippen LogP contribution in [-0.4, -0.2) is 46.0 Å². The average Bonchev–Trinajstić information content (AvgIpc) is 3.37. The van der Waals surface area contributed by atoms with Crippen LogP contribution in [0.15, 0.2) is 35.4 Å². The third-order valence-corrected chi connectivity index (χ3v) is 5.56. The van der Waals surface area contributed by atoms with Crippen LogP contribution < -0.4 is 15.4 Å². The summed E-state index contributed by atoms with van der Waals surface area (Å²) in [5.41, 5.74) is 2.53. The van der Waals surface area contributed by atoms with E-state index in [9.17, 15) is 18.0 Å². The van der Waals surface area contributed by atoms with Crippen molar-refractivity contribution in [2.75, 3.05) is 29.4 Å². The summed E-state index contributed by atoms with van der Waals surface area (Å²) in [7, 11) is 0. The average molecular weight is 416 g/mol. The number of pyridine rings is 2. The fourth-order valence-electron chi connectivity index (χ4n) is 4.22. The van der Waals surface area contributed by atoms with Gasteiger partial charge in [-0.3, -0.25) is 20.0 Å². The van der Waals surface area contributed by atoms with E-state index in [-0.39, 0.29) is 12.1 Å². The van der Waals surface area contributed by atoms with Crippen LogP contribution in [0.1, 0.15) is 18.4 Å². The van der Waals surface area contributed by atoms with Crippen LogP contribution in [0, 0.1) is 0 Å². The first kappa shape index (κ1) is 18.7. The van der Waals surface area contributed by atoms with E-state index in [1.165, 1.54) is 11.1 Å². The molecule has 1 saturated heterocycles. The number of nitrogens with zero attached hydrogens (tertiary/aromatic N) is 4. The van der Waals surface area contributed by atoms with E-state index >= 15 is 0 Å². The standard InChI is InChI=1S/C20H19F3N6O/c21-20(22,23)11-29-10-14-17(26-27-19(14)30)13-9-25-15(8-16(13)29)12-4-3-5-24-18(12)28-6-1-2-7-28/h3-5,8-9H,1-2,6-7,10-11H2,(H2,26,27,30). The van der Waals surface area contributed by atoms with Crippen molar-refractivity contribution in [2.24, 2.45) is 0 Å². The topological polar surface area (TPSA) is 80.9 Å². The lowest BCUT2D eigenvalue weighted by atomic mass is 10.00. The lowest BCUT2D eigenvalue weighted by Crippen LogP contribution is -2.37. The predicted octanol–water partition coefficient (Wildman–Crippen LogP) is 3.31. The molecule has 156 valence electrons. The largest absolute Gasteiger partial charge is 0.405 e. The zero-order valence-corrected chi connectivity index (χ0v) is 16.0. The molecule has 5 rings (SSSR count). The molecule has 0 saturated carbocycles. The van der Waals surface area contributed by atoms with Gasteiger partial charge in [0.1, 0.15) is 12.4 Å². The summed E-state index contributed by atoms with van der Waals surface area (Å²) >= 11 is 0. The number of alkyl halides is 3. The van der Waals surface area contributed by atoms with Crippen molar-refractivity contribution >= 4 is 11.5 Å². The van der Waals surface area contributed by atoms with Crippen molar-refractivity contribution in [3.8, 4) is 22.5 Å². The van der Waals surface area contributed by atoms with Gasteiger partial charge in [0.15, 0.2) is 0 Å². The Bertz CT molecular complexity index is 1150. The van der Waals surface area contributed by atoms with Gasteiger partial charge in [0.2, 0.25) is 0 Å². The van der Waals surface area contributed by atoms with Gasteiger partial charge in [0.05, 0.1) is 29.2 Å². The van der Waals surface area contributed by atoms with E-state index in [2.05, 4.69) is 25.1 Å². The Labute approximate surface area is 169 Å². The van der Waals surface area contributed by atoms with Crippen LogP contribution in [0.5, 0.6) is 0 Å². The monoisotopic (exact) mass is 416 g/mol. The first-order chi connectivity index (χ1) is 14.4. The maximum absolute atomic E-state index is 13.3. The van der Waals surface area contributed by atoms with Crippen LogP contribution in [0.3, 0.4) is 0 Å². The second kappa shape index (κ2) is 6.89. The highest BCUT2D eigenvalue weighted by molar-refractivity contribution is 5.85. The number of fused-ring (bicyclic) bond motifs is 3. The highest BCUT2D eigenvalue weighted by atomic mass is 19.4. The van der Waals surface area contributed by atoms with Gasteiger partial charge >= 0.3 is 6.18 Å². The number of hydrogen-bond donors (Lipinski definition) is 2. The summed E-state index contributed by atoms with van der Waals surface area (Å²) in [6, 6.07) is 5.34. The molecule has 2 aliphatic heterocycles. The van der Waals surface area contributed by atoms with E-state index < -0.39 is 18.3 Å². The number of halogens is 3. The minimum Gasteiger partial charge on any atom is -0.357 e. The van der Waals surface area contributed by atoms with Gasteiger partial charge in [0, 0.05) is 36.6 Å². The van der Waals surface area contributed by atoms with Crippen LogP contribution in [0.2, 0.25) is 0 Å². The summed E-state index contributed by atoms with van der Waals surface area (Å²) in [5, 5.41) is 5.24. The van der Waals surface area contributed by atoms with Gasteiger partial charge in [-0.15, -0.1) is 0 Å². The molecular formula is C20H19F3N6O. The molecule has 7 nitrogen and oxygen atoms in total. The van der Waals surface area contributed by atoms with Crippen molar-refractivity contribution in [1.29, 1.82) is 0 Å². The summed E-state index contributed by atoms with van der Waals surface area (Å²) in [6.45, 7) is 0.502. The van der Waals surface area contributed by atoms with Crippen molar-refractivity contribution in [1.82, 2.24) is 20.2 Å². The molecule has 2 N–H and O–H groups in total. The lowest BCUT2D eigenvalue weighted by molar-refractivity contribution is -0.120. The molecule has 2 aliphatic rings. The van der Waals surface area contributed by atoms with Gasteiger partial charge in [-0.2, -0.15) is 13.2 Å². The minimum absolute atomic E-state index is 0.129. The Morgan fingerprint density at radius 3 is 2.67 bits per heavy atom. The second-order valence-corrected chi connectivity index (χ2v) is 7.56. The Hall–Kier alpha value is -3.30. The molecule has 5 heterocycles. The Kier molecular flexibility index (Phi) is 4.30. The molecule has 3 aromatic rings. The van der Waals surface area contributed by atoms with Crippen LogP contribution in [0.25, 0.3) is 22.5 Å². The van der Waals surface area contributed by atoms with E-state index in [1.807, 2.05) is 6.07 Å². The van der Waals surface area contributed by atoms with Gasteiger partial charge in [-0.25, -0.2) is 4.98 Å². The molecule has 0 aromatic carbocycles. The van der Waals surface area contributed by atoms with E-state index in [1.54, 1.807) is 18.3 Å². The molecule has 0 atom stereocenters. The molecule has 0 unspecified atom stereocenters. The molecule has 0 aliphatic carbocycles. The van der Waals surface area contributed by atoms with Gasteiger partial charge in [-0.05, 0) is 31.0 Å². The summed E-state index contributed by atoms with van der Waals surface area (Å²) in [5.74, 6) is 0.788. The zero-order chi connectivity index (χ0) is 20.9. The molecule has 0 bridgehead atoms. The zero-order valence-electron chi connectivity index (χ0n) is 16.0. The molecule has 0 spiro atoms. The van der Waals surface area contributed by atoms with Gasteiger partial charge in [-0.1, -0.05) is 0 Å². The number of hydrogen-bond acceptors (Lipinski definition) is 5. The number of rotatable bonds is 3. The van der Waals surface area contributed by atoms with E-state index in [0.717, 1.165) is 37.3 Å². The summed E-state index contributed by atoms with van der Waals surface area (Å²) in [6.07, 6.45) is 0.989. The Balaban J connectivity index is 1.63. The number of H-pyrrole nitrogens is 2. The fraction of sp³-hybridized carbons (Fsp3) is 0.350. The minimum atomic E-state index is -4.41. The SMILES string of the molecule is O=c1[nH][nH]c2c1CN(CC(F)(F)F)c1cc(-c3cccnc3N3CCCC3)ncc1-2. The van der Waals surface area contributed by atoms with Gasteiger partial charge in [0.25, 0.3) is 5.56 Å². The molecule has 1 fully saturated rings. The first-order valence-electron chi connectivity index (χ1n) is 9.73. The quantitative estimate of drug-likeness (QED) is 0.685. The van der Waals surface area contributed by atoms with Crippen molar-refractivity contribution in [2.45, 2.75) is 25.6 Å². The molecular weight excluding hydrogens is 397 g/mol. The second-order valence-electron chi connectivity index (χ2n) is 7.56. The van der Waals surface area contributed by atoms with E-state index in [0.29, 0.717) is 22.6 Å². The van der Waals surface area contributed by atoms with Crippen LogP contribution in [0.4, 0.5) is 24.7 Å². The Morgan fingerprint density at radius 1 is 1.10 bits per heavy atom. The Morgan fingerprint density at radius 2 is 1.90 bits per heavy atom. The fourth-order valence-corrected chi connectivity index (χ4v) is 4.22. The van der Waals surface area contributed by atoms with E-state index in [4.69, 9.17) is 0 Å². The van der Waals surface area contributed by atoms with Crippen LogP contribution >= 0.6 is 0 Å².